The van der Waals surface area contributed by atoms with E-state index in [1.54, 1.807) is 0 Å². The summed E-state index contributed by atoms with van der Waals surface area (Å²) >= 11 is 0. The molecule has 0 saturated carbocycles. The average molecular weight is 234 g/mol. The lowest BCUT2D eigenvalue weighted by atomic mass is 10.0. The lowest BCUT2D eigenvalue weighted by Gasteiger charge is -2.28. The van der Waals surface area contributed by atoms with Gasteiger partial charge in [-0.25, -0.2) is 0 Å². The van der Waals surface area contributed by atoms with Crippen molar-refractivity contribution in [2.45, 2.75) is 32.7 Å². The predicted octanol–water partition coefficient (Wildman–Crippen LogP) is 2.53. The zero-order valence-electron chi connectivity index (χ0n) is 11.4. The topological polar surface area (TPSA) is 29.3 Å². The van der Waals surface area contributed by atoms with Crippen LogP contribution in [0, 0.1) is 5.92 Å². The Labute approximate surface area is 106 Å². The molecule has 1 aromatic rings. The van der Waals surface area contributed by atoms with Crippen molar-refractivity contribution in [1.82, 2.24) is 4.90 Å². The van der Waals surface area contributed by atoms with Gasteiger partial charge in [0.15, 0.2) is 0 Å². The van der Waals surface area contributed by atoms with Crippen molar-refractivity contribution in [3.8, 4) is 0 Å². The third kappa shape index (κ3) is 5.33. The molecular weight excluding hydrogens is 208 g/mol. The van der Waals surface area contributed by atoms with Gasteiger partial charge in [-0.15, -0.1) is 0 Å². The number of hydrogen-bond acceptors (Lipinski definition) is 2. The summed E-state index contributed by atoms with van der Waals surface area (Å²) in [5.41, 5.74) is 7.28. The van der Waals surface area contributed by atoms with Crippen LogP contribution in [0.25, 0.3) is 0 Å². The highest BCUT2D eigenvalue weighted by Crippen LogP contribution is 2.09. The molecule has 0 fully saturated rings. The number of nitrogens with zero attached hydrogens (tertiary/aromatic N) is 1. The molecule has 0 aromatic heterocycles. The summed E-state index contributed by atoms with van der Waals surface area (Å²) in [6, 6.07) is 11.1. The van der Waals surface area contributed by atoms with E-state index in [1.807, 2.05) is 0 Å². The predicted molar refractivity (Wildman–Crippen MR) is 75.1 cm³/mol. The van der Waals surface area contributed by atoms with Crippen molar-refractivity contribution in [3.05, 3.63) is 35.9 Å². The summed E-state index contributed by atoms with van der Waals surface area (Å²) in [7, 11) is 2.18. The lowest BCUT2D eigenvalue weighted by molar-refractivity contribution is 0.212. The normalized spacial score (nSPS) is 13.3. The fourth-order valence-corrected chi connectivity index (χ4v) is 2.22. The number of likely N-dealkylation sites (N-methyl/N-ethyl adjacent to an activating group) is 1. The van der Waals surface area contributed by atoms with E-state index < -0.39 is 0 Å². The molecule has 0 saturated heterocycles. The summed E-state index contributed by atoms with van der Waals surface area (Å²) in [4.78, 5) is 2.40. The third-order valence-electron chi connectivity index (χ3n) is 3.16. The Bertz CT molecular complexity index is 295. The van der Waals surface area contributed by atoms with Gasteiger partial charge in [-0.05, 0) is 31.4 Å². The van der Waals surface area contributed by atoms with Gasteiger partial charge in [0, 0.05) is 19.1 Å². The second kappa shape index (κ2) is 7.46. The van der Waals surface area contributed by atoms with Crippen molar-refractivity contribution >= 4 is 0 Å². The van der Waals surface area contributed by atoms with Crippen LogP contribution >= 0.6 is 0 Å². The Kier molecular flexibility index (Phi) is 6.23. The van der Waals surface area contributed by atoms with Crippen LogP contribution in [0.4, 0.5) is 0 Å². The highest BCUT2D eigenvalue weighted by Gasteiger charge is 2.13. The van der Waals surface area contributed by atoms with Crippen molar-refractivity contribution in [3.63, 3.8) is 0 Å². The van der Waals surface area contributed by atoms with Gasteiger partial charge >= 0.3 is 0 Å². The Morgan fingerprint density at radius 3 is 2.35 bits per heavy atom. The van der Waals surface area contributed by atoms with Crippen LogP contribution in [-0.4, -0.2) is 31.1 Å². The molecule has 1 unspecified atom stereocenters. The SMILES string of the molecule is CC(C)CN(C)C(CN)CCc1ccccc1. The molecule has 2 heteroatoms. The van der Waals surface area contributed by atoms with Gasteiger partial charge in [-0.3, -0.25) is 0 Å². The first-order valence-electron chi connectivity index (χ1n) is 6.57. The molecule has 0 aliphatic carbocycles. The number of rotatable bonds is 7. The zero-order valence-corrected chi connectivity index (χ0v) is 11.4. The molecule has 0 spiro atoms. The molecule has 2 nitrogen and oxygen atoms in total. The molecule has 0 amide bonds. The molecule has 1 atom stereocenters. The largest absolute Gasteiger partial charge is 0.329 e. The highest BCUT2D eigenvalue weighted by atomic mass is 15.1. The minimum absolute atomic E-state index is 0.498. The summed E-state index contributed by atoms with van der Waals surface area (Å²) < 4.78 is 0. The van der Waals surface area contributed by atoms with E-state index in [2.05, 4.69) is 56.1 Å². The van der Waals surface area contributed by atoms with Gasteiger partial charge in [0.25, 0.3) is 0 Å². The van der Waals surface area contributed by atoms with Gasteiger partial charge in [-0.1, -0.05) is 44.2 Å². The minimum Gasteiger partial charge on any atom is -0.329 e. The van der Waals surface area contributed by atoms with E-state index in [-0.39, 0.29) is 0 Å². The maximum atomic E-state index is 5.87. The summed E-state index contributed by atoms with van der Waals surface area (Å²) in [5, 5.41) is 0. The monoisotopic (exact) mass is 234 g/mol. The molecule has 96 valence electrons. The maximum Gasteiger partial charge on any atom is 0.0218 e. The van der Waals surface area contributed by atoms with Crippen molar-refractivity contribution in [2.75, 3.05) is 20.1 Å². The van der Waals surface area contributed by atoms with E-state index in [4.69, 9.17) is 5.73 Å². The van der Waals surface area contributed by atoms with Crippen molar-refractivity contribution in [2.24, 2.45) is 11.7 Å². The number of benzene rings is 1. The molecule has 0 aliphatic rings. The van der Waals surface area contributed by atoms with E-state index >= 15 is 0 Å². The Morgan fingerprint density at radius 2 is 1.82 bits per heavy atom. The van der Waals surface area contributed by atoms with Gasteiger partial charge in [-0.2, -0.15) is 0 Å². The fraction of sp³-hybridized carbons (Fsp3) is 0.600. The van der Waals surface area contributed by atoms with Crippen LogP contribution in [0.2, 0.25) is 0 Å². The van der Waals surface area contributed by atoms with E-state index in [0.29, 0.717) is 12.0 Å². The molecule has 0 heterocycles. The molecular formula is C15H26N2. The summed E-state index contributed by atoms with van der Waals surface area (Å²) in [5.74, 6) is 0.700. The molecule has 0 radical (unpaired) electrons. The standard InChI is InChI=1S/C15H26N2/c1-13(2)12-17(3)15(11-16)10-9-14-7-5-4-6-8-14/h4-8,13,15H,9-12,16H2,1-3H3. The Balaban J connectivity index is 2.42. The van der Waals surface area contributed by atoms with Gasteiger partial charge in [0.1, 0.15) is 0 Å². The summed E-state index contributed by atoms with van der Waals surface area (Å²) in [6.07, 6.45) is 2.26. The molecule has 0 aliphatic heterocycles. The third-order valence-corrected chi connectivity index (χ3v) is 3.16. The zero-order chi connectivity index (χ0) is 12.7. The van der Waals surface area contributed by atoms with Crippen LogP contribution in [0.5, 0.6) is 0 Å². The van der Waals surface area contributed by atoms with Gasteiger partial charge in [0.2, 0.25) is 0 Å². The maximum absolute atomic E-state index is 5.87. The van der Waals surface area contributed by atoms with Crippen LogP contribution in [0.15, 0.2) is 30.3 Å². The Morgan fingerprint density at radius 1 is 1.18 bits per heavy atom. The number of hydrogen-bond donors (Lipinski definition) is 1. The first-order valence-corrected chi connectivity index (χ1v) is 6.57. The second-order valence-corrected chi connectivity index (χ2v) is 5.25. The van der Waals surface area contributed by atoms with E-state index in [1.165, 1.54) is 5.56 Å². The quantitative estimate of drug-likeness (QED) is 0.785. The lowest BCUT2D eigenvalue weighted by Crippen LogP contribution is -2.40. The highest BCUT2D eigenvalue weighted by molar-refractivity contribution is 5.14. The molecule has 17 heavy (non-hydrogen) atoms. The van der Waals surface area contributed by atoms with Crippen LogP contribution in [0.1, 0.15) is 25.8 Å². The number of nitrogens with two attached hydrogens (primary N) is 1. The molecule has 0 bridgehead atoms. The first kappa shape index (κ1) is 14.2. The van der Waals surface area contributed by atoms with E-state index in [9.17, 15) is 0 Å². The van der Waals surface area contributed by atoms with E-state index in [0.717, 1.165) is 25.9 Å². The number of aryl methyl sites for hydroxylation is 1. The first-order chi connectivity index (χ1) is 8.13. The van der Waals surface area contributed by atoms with Gasteiger partial charge < -0.3 is 10.6 Å². The van der Waals surface area contributed by atoms with Crippen LogP contribution < -0.4 is 5.73 Å². The summed E-state index contributed by atoms with van der Waals surface area (Å²) in [6.45, 7) is 6.37. The second-order valence-electron chi connectivity index (χ2n) is 5.25. The molecule has 1 rings (SSSR count). The van der Waals surface area contributed by atoms with Crippen molar-refractivity contribution < 1.29 is 0 Å². The van der Waals surface area contributed by atoms with Crippen molar-refractivity contribution in [1.29, 1.82) is 0 Å². The molecule has 1 aromatic carbocycles. The Hall–Kier alpha value is -0.860. The van der Waals surface area contributed by atoms with Crippen LogP contribution in [0.3, 0.4) is 0 Å². The fourth-order valence-electron chi connectivity index (χ4n) is 2.22. The van der Waals surface area contributed by atoms with Crippen LogP contribution in [-0.2, 0) is 6.42 Å². The van der Waals surface area contributed by atoms with Gasteiger partial charge in [0.05, 0.1) is 0 Å². The molecule has 2 N–H and O–H groups in total. The average Bonchev–Trinajstić information content (AvgIpc) is 2.30. The smallest absolute Gasteiger partial charge is 0.0218 e. The minimum atomic E-state index is 0.498.